The SMILES string of the molecule is CC(C)[C@@H]1COC(c2ccccc2NS(C)(=O)=O)=N1. The average molecular weight is 282 g/mol. The number of rotatable bonds is 4. The van der Waals surface area contributed by atoms with Crippen molar-refractivity contribution in [3.8, 4) is 0 Å². The Hall–Kier alpha value is -1.56. The van der Waals surface area contributed by atoms with Crippen LogP contribution in [0.25, 0.3) is 0 Å². The van der Waals surface area contributed by atoms with Crippen molar-refractivity contribution in [3.63, 3.8) is 0 Å². The van der Waals surface area contributed by atoms with Gasteiger partial charge < -0.3 is 4.74 Å². The number of nitrogens with one attached hydrogen (secondary N) is 1. The largest absolute Gasteiger partial charge is 0.475 e. The number of benzene rings is 1. The van der Waals surface area contributed by atoms with Crippen molar-refractivity contribution in [2.45, 2.75) is 19.9 Å². The molecular weight excluding hydrogens is 264 g/mol. The van der Waals surface area contributed by atoms with E-state index in [0.29, 0.717) is 29.7 Å². The monoisotopic (exact) mass is 282 g/mol. The summed E-state index contributed by atoms with van der Waals surface area (Å²) in [4.78, 5) is 4.51. The molecule has 0 amide bonds. The summed E-state index contributed by atoms with van der Waals surface area (Å²) in [7, 11) is -3.32. The van der Waals surface area contributed by atoms with Gasteiger partial charge in [0.25, 0.3) is 0 Å². The second-order valence-corrected chi connectivity index (χ2v) is 6.72. The third-order valence-corrected chi connectivity index (χ3v) is 3.49. The fourth-order valence-corrected chi connectivity index (χ4v) is 2.41. The minimum absolute atomic E-state index is 0.126. The highest BCUT2D eigenvalue weighted by molar-refractivity contribution is 7.92. The molecule has 1 aromatic rings. The standard InChI is InChI=1S/C13H18N2O3S/c1-9(2)12-8-18-13(14-12)10-6-4-5-7-11(10)15-19(3,16)17/h4-7,9,12,15H,8H2,1-3H3/t12-/m0/s1. The smallest absolute Gasteiger partial charge is 0.229 e. The molecule has 1 aromatic carbocycles. The lowest BCUT2D eigenvalue weighted by atomic mass is 10.1. The fourth-order valence-electron chi connectivity index (χ4n) is 1.84. The number of ether oxygens (including phenoxy) is 1. The maximum absolute atomic E-state index is 11.3. The molecule has 0 bridgehead atoms. The van der Waals surface area contributed by atoms with Crippen LogP contribution in [0, 0.1) is 5.92 Å². The molecule has 0 aliphatic carbocycles. The molecule has 104 valence electrons. The van der Waals surface area contributed by atoms with Crippen LogP contribution in [0.2, 0.25) is 0 Å². The predicted molar refractivity (Wildman–Crippen MR) is 76.0 cm³/mol. The van der Waals surface area contributed by atoms with E-state index in [9.17, 15) is 8.42 Å². The molecular formula is C13H18N2O3S. The minimum Gasteiger partial charge on any atom is -0.475 e. The van der Waals surface area contributed by atoms with E-state index in [2.05, 4.69) is 23.6 Å². The fraction of sp³-hybridized carbons (Fsp3) is 0.462. The van der Waals surface area contributed by atoms with Crippen LogP contribution in [0.5, 0.6) is 0 Å². The Morgan fingerprint density at radius 3 is 2.63 bits per heavy atom. The molecule has 1 N–H and O–H groups in total. The normalized spacial score (nSPS) is 19.2. The first-order valence-corrected chi connectivity index (χ1v) is 8.04. The van der Waals surface area contributed by atoms with Crippen LogP contribution < -0.4 is 4.72 Å². The molecule has 1 heterocycles. The van der Waals surface area contributed by atoms with Gasteiger partial charge in [0.15, 0.2) is 0 Å². The summed E-state index contributed by atoms with van der Waals surface area (Å²) in [5, 5.41) is 0. The Balaban J connectivity index is 2.33. The predicted octanol–water partition coefficient (Wildman–Crippen LogP) is 1.86. The lowest BCUT2D eigenvalue weighted by molar-refractivity contribution is 0.292. The first kappa shape index (κ1) is 13.9. The van der Waals surface area contributed by atoms with Crippen molar-refractivity contribution in [1.29, 1.82) is 0 Å². The van der Waals surface area contributed by atoms with E-state index in [1.807, 2.05) is 6.07 Å². The van der Waals surface area contributed by atoms with Gasteiger partial charge in [0.1, 0.15) is 6.61 Å². The lowest BCUT2D eigenvalue weighted by Crippen LogP contribution is -2.14. The zero-order chi connectivity index (χ0) is 14.0. The highest BCUT2D eigenvalue weighted by atomic mass is 32.2. The Bertz CT molecular complexity index is 594. The third kappa shape index (κ3) is 3.47. The average Bonchev–Trinajstić information content (AvgIpc) is 2.76. The Kier molecular flexibility index (Phi) is 3.80. The van der Waals surface area contributed by atoms with Crippen molar-refractivity contribution in [2.75, 3.05) is 17.6 Å². The van der Waals surface area contributed by atoms with E-state index >= 15 is 0 Å². The maximum Gasteiger partial charge on any atom is 0.229 e. The van der Waals surface area contributed by atoms with Gasteiger partial charge in [-0.3, -0.25) is 4.72 Å². The molecule has 0 fully saturated rings. The summed E-state index contributed by atoms with van der Waals surface area (Å²) in [6, 6.07) is 7.23. The molecule has 0 saturated heterocycles. The number of anilines is 1. The second kappa shape index (κ2) is 5.21. The molecule has 1 atom stereocenters. The molecule has 1 aliphatic heterocycles. The number of hydrogen-bond donors (Lipinski definition) is 1. The lowest BCUT2D eigenvalue weighted by Gasteiger charge is -2.09. The van der Waals surface area contributed by atoms with Gasteiger partial charge in [-0.25, -0.2) is 13.4 Å². The number of aliphatic imine (C=N–C) groups is 1. The third-order valence-electron chi connectivity index (χ3n) is 2.90. The van der Waals surface area contributed by atoms with E-state index in [4.69, 9.17) is 4.74 Å². The van der Waals surface area contributed by atoms with Crippen LogP contribution in [0.1, 0.15) is 19.4 Å². The topological polar surface area (TPSA) is 67.8 Å². The molecule has 0 unspecified atom stereocenters. The van der Waals surface area contributed by atoms with Crippen molar-refractivity contribution in [2.24, 2.45) is 10.9 Å². The Labute approximate surface area is 113 Å². The summed E-state index contributed by atoms with van der Waals surface area (Å²) in [5.74, 6) is 0.901. The highest BCUT2D eigenvalue weighted by Gasteiger charge is 2.24. The molecule has 0 aromatic heterocycles. The summed E-state index contributed by atoms with van der Waals surface area (Å²) in [6.07, 6.45) is 1.12. The van der Waals surface area contributed by atoms with Gasteiger partial charge in [0.05, 0.1) is 23.5 Å². The number of hydrogen-bond acceptors (Lipinski definition) is 4. The van der Waals surface area contributed by atoms with Gasteiger partial charge in [-0.05, 0) is 18.1 Å². The van der Waals surface area contributed by atoms with Gasteiger partial charge in [0, 0.05) is 0 Å². The second-order valence-electron chi connectivity index (χ2n) is 4.98. The summed E-state index contributed by atoms with van der Waals surface area (Å²) in [6.45, 7) is 4.71. The minimum atomic E-state index is -3.32. The molecule has 19 heavy (non-hydrogen) atoms. The van der Waals surface area contributed by atoms with Crippen LogP contribution in [0.15, 0.2) is 29.3 Å². The number of para-hydroxylation sites is 1. The molecule has 0 radical (unpaired) electrons. The molecule has 1 aliphatic rings. The van der Waals surface area contributed by atoms with Crippen molar-refractivity contribution in [3.05, 3.63) is 29.8 Å². The first-order chi connectivity index (χ1) is 8.87. The molecule has 0 spiro atoms. The Morgan fingerprint density at radius 1 is 1.37 bits per heavy atom. The molecule has 5 nitrogen and oxygen atoms in total. The highest BCUT2D eigenvalue weighted by Crippen LogP contribution is 2.23. The van der Waals surface area contributed by atoms with Crippen LogP contribution in [-0.2, 0) is 14.8 Å². The van der Waals surface area contributed by atoms with Crippen LogP contribution in [0.4, 0.5) is 5.69 Å². The summed E-state index contributed by atoms with van der Waals surface area (Å²) < 4.78 is 30.8. The number of nitrogens with zero attached hydrogens (tertiary/aromatic N) is 1. The van der Waals surface area contributed by atoms with Crippen LogP contribution in [0.3, 0.4) is 0 Å². The first-order valence-electron chi connectivity index (χ1n) is 6.14. The molecule has 0 saturated carbocycles. The van der Waals surface area contributed by atoms with E-state index in [-0.39, 0.29) is 6.04 Å². The van der Waals surface area contributed by atoms with Gasteiger partial charge in [-0.15, -0.1) is 0 Å². The van der Waals surface area contributed by atoms with Crippen LogP contribution in [-0.4, -0.2) is 33.2 Å². The van der Waals surface area contributed by atoms with Gasteiger partial charge in [-0.1, -0.05) is 26.0 Å². The molecule has 2 rings (SSSR count). The van der Waals surface area contributed by atoms with Gasteiger partial charge >= 0.3 is 0 Å². The molecule has 6 heteroatoms. The maximum atomic E-state index is 11.3. The van der Waals surface area contributed by atoms with Crippen molar-refractivity contribution in [1.82, 2.24) is 0 Å². The number of sulfonamides is 1. The van der Waals surface area contributed by atoms with Crippen molar-refractivity contribution < 1.29 is 13.2 Å². The quantitative estimate of drug-likeness (QED) is 0.916. The zero-order valence-electron chi connectivity index (χ0n) is 11.3. The summed E-state index contributed by atoms with van der Waals surface area (Å²) >= 11 is 0. The van der Waals surface area contributed by atoms with E-state index < -0.39 is 10.0 Å². The Morgan fingerprint density at radius 2 is 2.05 bits per heavy atom. The summed E-state index contributed by atoms with van der Waals surface area (Å²) in [5.41, 5.74) is 1.17. The van der Waals surface area contributed by atoms with Crippen LogP contribution >= 0.6 is 0 Å². The zero-order valence-corrected chi connectivity index (χ0v) is 12.1. The van der Waals surface area contributed by atoms with Gasteiger partial charge in [-0.2, -0.15) is 0 Å². The van der Waals surface area contributed by atoms with E-state index in [1.54, 1.807) is 18.2 Å². The van der Waals surface area contributed by atoms with E-state index in [1.165, 1.54) is 0 Å². The van der Waals surface area contributed by atoms with E-state index in [0.717, 1.165) is 6.26 Å². The van der Waals surface area contributed by atoms with Crippen molar-refractivity contribution >= 4 is 21.6 Å². The van der Waals surface area contributed by atoms with Gasteiger partial charge in [0.2, 0.25) is 15.9 Å².